The zero-order valence-electron chi connectivity index (χ0n) is 9.07. The van der Waals surface area contributed by atoms with E-state index in [9.17, 15) is 9.50 Å². The summed E-state index contributed by atoms with van der Waals surface area (Å²) in [7, 11) is 0. The van der Waals surface area contributed by atoms with Gasteiger partial charge in [0.05, 0.1) is 11.1 Å². The summed E-state index contributed by atoms with van der Waals surface area (Å²) in [4.78, 5) is 1.23. The predicted octanol–water partition coefficient (Wildman–Crippen LogP) is 4.21. The third-order valence-electron chi connectivity index (χ3n) is 2.57. The Bertz CT molecular complexity index is 484. The van der Waals surface area contributed by atoms with Gasteiger partial charge in [0.2, 0.25) is 0 Å². The van der Waals surface area contributed by atoms with E-state index in [1.54, 1.807) is 17.4 Å². The Labute approximate surface area is 108 Å². The molecule has 0 bridgehead atoms. The van der Waals surface area contributed by atoms with Gasteiger partial charge in [0.25, 0.3) is 0 Å². The smallest absolute Gasteiger partial charge is 0.141 e. The standard InChI is InChI=1S/C13H12ClFOS/c14-11-8-9(3-5-12(11)15)13(16)6-4-10-2-1-7-17-10/h1-3,5,7-8,13,16H,4,6H2. The monoisotopic (exact) mass is 270 g/mol. The largest absolute Gasteiger partial charge is 0.388 e. The van der Waals surface area contributed by atoms with Gasteiger partial charge in [-0.15, -0.1) is 11.3 Å². The van der Waals surface area contributed by atoms with Crippen LogP contribution < -0.4 is 0 Å². The molecule has 0 aliphatic carbocycles. The number of aliphatic hydroxyl groups is 1. The number of benzene rings is 1. The maximum Gasteiger partial charge on any atom is 0.141 e. The molecule has 1 atom stereocenters. The molecule has 1 aromatic carbocycles. The van der Waals surface area contributed by atoms with Crippen molar-refractivity contribution in [3.63, 3.8) is 0 Å². The lowest BCUT2D eigenvalue weighted by molar-refractivity contribution is 0.168. The number of aliphatic hydroxyl groups excluding tert-OH is 1. The SMILES string of the molecule is OC(CCc1cccs1)c1ccc(F)c(Cl)c1. The Morgan fingerprint density at radius 1 is 1.35 bits per heavy atom. The molecule has 0 aliphatic heterocycles. The molecule has 0 spiro atoms. The van der Waals surface area contributed by atoms with E-state index in [0.717, 1.165) is 6.42 Å². The number of hydrogen-bond donors (Lipinski definition) is 1. The van der Waals surface area contributed by atoms with Gasteiger partial charge in [-0.2, -0.15) is 0 Å². The predicted molar refractivity (Wildman–Crippen MR) is 69.0 cm³/mol. The first-order valence-corrected chi connectivity index (χ1v) is 6.58. The van der Waals surface area contributed by atoms with Crippen LogP contribution in [0.15, 0.2) is 35.7 Å². The quantitative estimate of drug-likeness (QED) is 0.882. The highest BCUT2D eigenvalue weighted by molar-refractivity contribution is 7.09. The minimum absolute atomic E-state index is 0.0534. The molecule has 1 nitrogen and oxygen atoms in total. The Morgan fingerprint density at radius 3 is 2.82 bits per heavy atom. The van der Waals surface area contributed by atoms with Crippen LogP contribution >= 0.6 is 22.9 Å². The maximum atomic E-state index is 13.0. The molecular formula is C13H12ClFOS. The average molecular weight is 271 g/mol. The highest BCUT2D eigenvalue weighted by Crippen LogP contribution is 2.24. The summed E-state index contributed by atoms with van der Waals surface area (Å²) in [5, 5.41) is 12.0. The van der Waals surface area contributed by atoms with Crippen LogP contribution in [0.5, 0.6) is 0 Å². The van der Waals surface area contributed by atoms with Crippen LogP contribution in [0.4, 0.5) is 4.39 Å². The third-order valence-corrected chi connectivity index (χ3v) is 3.80. The van der Waals surface area contributed by atoms with E-state index in [1.165, 1.54) is 17.0 Å². The zero-order chi connectivity index (χ0) is 12.3. The van der Waals surface area contributed by atoms with Gasteiger partial charge in [-0.05, 0) is 42.0 Å². The van der Waals surface area contributed by atoms with Crippen LogP contribution in [0.2, 0.25) is 5.02 Å². The lowest BCUT2D eigenvalue weighted by atomic mass is 10.0. The van der Waals surface area contributed by atoms with Crippen LogP contribution in [-0.2, 0) is 6.42 Å². The van der Waals surface area contributed by atoms with Crippen molar-refractivity contribution in [2.45, 2.75) is 18.9 Å². The van der Waals surface area contributed by atoms with E-state index in [4.69, 9.17) is 11.6 Å². The highest BCUT2D eigenvalue weighted by Gasteiger charge is 2.10. The van der Waals surface area contributed by atoms with Crippen LogP contribution in [0.1, 0.15) is 23.0 Å². The normalized spacial score (nSPS) is 12.6. The maximum absolute atomic E-state index is 13.0. The van der Waals surface area contributed by atoms with Gasteiger partial charge < -0.3 is 5.11 Å². The number of hydrogen-bond acceptors (Lipinski definition) is 2. The second-order valence-electron chi connectivity index (χ2n) is 3.81. The second-order valence-corrected chi connectivity index (χ2v) is 5.25. The average Bonchev–Trinajstić information content (AvgIpc) is 2.82. The van der Waals surface area contributed by atoms with E-state index >= 15 is 0 Å². The van der Waals surface area contributed by atoms with E-state index in [-0.39, 0.29) is 5.02 Å². The topological polar surface area (TPSA) is 20.2 Å². The number of rotatable bonds is 4. The summed E-state index contributed by atoms with van der Waals surface area (Å²) in [5.74, 6) is -0.458. The number of aryl methyl sites for hydroxylation is 1. The van der Waals surface area contributed by atoms with Crippen molar-refractivity contribution in [2.75, 3.05) is 0 Å². The first kappa shape index (κ1) is 12.6. The number of halogens is 2. The van der Waals surface area contributed by atoms with Crippen LogP contribution in [0.25, 0.3) is 0 Å². The van der Waals surface area contributed by atoms with Crippen molar-refractivity contribution in [2.24, 2.45) is 0 Å². The lowest BCUT2D eigenvalue weighted by Gasteiger charge is -2.10. The first-order valence-electron chi connectivity index (χ1n) is 5.32. The van der Waals surface area contributed by atoms with Gasteiger partial charge in [0, 0.05) is 4.88 Å². The molecule has 17 heavy (non-hydrogen) atoms. The van der Waals surface area contributed by atoms with E-state index < -0.39 is 11.9 Å². The Balaban J connectivity index is 1.99. The summed E-state index contributed by atoms with van der Waals surface area (Å²) >= 11 is 7.34. The Hall–Kier alpha value is -0.900. The summed E-state index contributed by atoms with van der Waals surface area (Å²) in [6.45, 7) is 0. The van der Waals surface area contributed by atoms with Crippen LogP contribution in [-0.4, -0.2) is 5.11 Å². The zero-order valence-corrected chi connectivity index (χ0v) is 10.6. The van der Waals surface area contributed by atoms with E-state index in [1.807, 2.05) is 17.5 Å². The fourth-order valence-corrected chi connectivity index (χ4v) is 2.53. The van der Waals surface area contributed by atoms with E-state index in [0.29, 0.717) is 12.0 Å². The Morgan fingerprint density at radius 2 is 2.18 bits per heavy atom. The van der Waals surface area contributed by atoms with Crippen molar-refractivity contribution in [3.8, 4) is 0 Å². The molecule has 2 rings (SSSR count). The lowest BCUT2D eigenvalue weighted by Crippen LogP contribution is -1.99. The molecule has 1 unspecified atom stereocenters. The minimum atomic E-state index is -0.602. The highest BCUT2D eigenvalue weighted by atomic mass is 35.5. The molecule has 1 heterocycles. The molecular weight excluding hydrogens is 259 g/mol. The molecule has 1 N–H and O–H groups in total. The minimum Gasteiger partial charge on any atom is -0.388 e. The van der Waals surface area contributed by atoms with Gasteiger partial charge in [-0.3, -0.25) is 0 Å². The van der Waals surface area contributed by atoms with Crippen molar-refractivity contribution < 1.29 is 9.50 Å². The molecule has 2 aromatic rings. The van der Waals surface area contributed by atoms with Gasteiger partial charge in [-0.1, -0.05) is 23.7 Å². The second kappa shape index (κ2) is 5.63. The fraction of sp³-hybridized carbons (Fsp3) is 0.231. The van der Waals surface area contributed by atoms with Crippen molar-refractivity contribution in [1.29, 1.82) is 0 Å². The fourth-order valence-electron chi connectivity index (χ4n) is 1.62. The van der Waals surface area contributed by atoms with Gasteiger partial charge in [-0.25, -0.2) is 4.39 Å². The van der Waals surface area contributed by atoms with Crippen LogP contribution in [0, 0.1) is 5.82 Å². The van der Waals surface area contributed by atoms with Crippen LogP contribution in [0.3, 0.4) is 0 Å². The molecule has 0 aliphatic rings. The third kappa shape index (κ3) is 3.28. The van der Waals surface area contributed by atoms with Gasteiger partial charge >= 0.3 is 0 Å². The van der Waals surface area contributed by atoms with Crippen molar-refractivity contribution in [3.05, 3.63) is 57.0 Å². The molecule has 90 valence electrons. The Kier molecular flexibility index (Phi) is 4.15. The molecule has 0 amide bonds. The molecule has 0 fully saturated rings. The summed E-state index contributed by atoms with van der Waals surface area (Å²) in [5.41, 5.74) is 0.660. The summed E-state index contributed by atoms with van der Waals surface area (Å²) in [6, 6.07) is 8.36. The summed E-state index contributed by atoms with van der Waals surface area (Å²) in [6.07, 6.45) is 0.825. The first-order chi connectivity index (χ1) is 8.16. The van der Waals surface area contributed by atoms with Gasteiger partial charge in [0.1, 0.15) is 5.82 Å². The van der Waals surface area contributed by atoms with E-state index in [2.05, 4.69) is 0 Å². The molecule has 0 radical (unpaired) electrons. The van der Waals surface area contributed by atoms with Crippen molar-refractivity contribution in [1.82, 2.24) is 0 Å². The molecule has 0 saturated carbocycles. The molecule has 1 aromatic heterocycles. The summed E-state index contributed by atoms with van der Waals surface area (Å²) < 4.78 is 13.0. The van der Waals surface area contributed by atoms with Gasteiger partial charge in [0.15, 0.2) is 0 Å². The molecule has 0 saturated heterocycles. The molecule has 4 heteroatoms. The number of thiophene rings is 1. The van der Waals surface area contributed by atoms with Crippen molar-refractivity contribution >= 4 is 22.9 Å².